The zero-order chi connectivity index (χ0) is 21.1. The van der Waals surface area contributed by atoms with Crippen LogP contribution in [-0.4, -0.2) is 48.2 Å². The van der Waals surface area contributed by atoms with Crippen molar-refractivity contribution in [2.75, 3.05) is 24.8 Å². The van der Waals surface area contributed by atoms with Crippen LogP contribution in [0.4, 0.5) is 5.69 Å². The highest BCUT2D eigenvalue weighted by Crippen LogP contribution is 2.34. The van der Waals surface area contributed by atoms with Crippen LogP contribution in [-0.2, 0) is 16.1 Å². The molecule has 4 rings (SSSR count). The molecule has 2 heterocycles. The van der Waals surface area contributed by atoms with Crippen molar-refractivity contribution in [3.05, 3.63) is 54.1 Å². The average molecular weight is 408 g/mol. The number of ether oxygens (including phenoxy) is 2. The molecule has 0 saturated carbocycles. The first-order valence-corrected chi connectivity index (χ1v) is 9.96. The summed E-state index contributed by atoms with van der Waals surface area (Å²) in [5.74, 6) is 0.612. The molecule has 2 amide bonds. The molecule has 0 bridgehead atoms. The Kier molecular flexibility index (Phi) is 5.56. The minimum Gasteiger partial charge on any atom is -0.486 e. The van der Waals surface area contributed by atoms with Crippen LogP contribution in [0.1, 0.15) is 18.9 Å². The van der Waals surface area contributed by atoms with Crippen molar-refractivity contribution in [2.45, 2.75) is 25.9 Å². The fraction of sp³-hybridized carbons (Fsp3) is 0.318. The van der Waals surface area contributed by atoms with Gasteiger partial charge in [-0.1, -0.05) is 30.3 Å². The van der Waals surface area contributed by atoms with Gasteiger partial charge in [0.25, 0.3) is 5.91 Å². The number of rotatable bonds is 6. The van der Waals surface area contributed by atoms with Gasteiger partial charge in [0.05, 0.1) is 5.69 Å². The highest BCUT2D eigenvalue weighted by atomic mass is 16.6. The molecule has 0 fully saturated rings. The fourth-order valence-electron chi connectivity index (χ4n) is 3.65. The normalized spacial score (nSPS) is 17.4. The van der Waals surface area contributed by atoms with Crippen molar-refractivity contribution in [1.29, 1.82) is 0 Å². The Labute approximate surface area is 174 Å². The SMILES string of the molecule is CCN(Cc1cccc2c1OCCO2)C(=O)C1=NN(c2ccccc2)C(C(N)=O)C1. The van der Waals surface area contributed by atoms with E-state index in [1.54, 1.807) is 4.90 Å². The lowest BCUT2D eigenvalue weighted by Crippen LogP contribution is -2.40. The first-order chi connectivity index (χ1) is 14.6. The van der Waals surface area contributed by atoms with E-state index in [9.17, 15) is 9.59 Å². The van der Waals surface area contributed by atoms with Gasteiger partial charge in [0.2, 0.25) is 5.91 Å². The Morgan fingerprint density at radius 2 is 1.90 bits per heavy atom. The third kappa shape index (κ3) is 3.80. The molecule has 1 atom stereocenters. The van der Waals surface area contributed by atoms with E-state index < -0.39 is 11.9 Å². The molecule has 0 aromatic heterocycles. The monoisotopic (exact) mass is 408 g/mol. The third-order valence-electron chi connectivity index (χ3n) is 5.18. The summed E-state index contributed by atoms with van der Waals surface area (Å²) in [6, 6.07) is 14.2. The molecular weight excluding hydrogens is 384 g/mol. The third-order valence-corrected chi connectivity index (χ3v) is 5.18. The molecule has 2 aromatic carbocycles. The maximum atomic E-state index is 13.2. The zero-order valence-corrected chi connectivity index (χ0v) is 16.8. The average Bonchev–Trinajstić information content (AvgIpc) is 3.24. The van der Waals surface area contributed by atoms with E-state index in [2.05, 4.69) is 5.10 Å². The predicted molar refractivity (Wildman–Crippen MR) is 112 cm³/mol. The molecule has 0 spiro atoms. The van der Waals surface area contributed by atoms with Gasteiger partial charge in [-0.25, -0.2) is 0 Å². The van der Waals surface area contributed by atoms with Gasteiger partial charge in [0.1, 0.15) is 25.0 Å². The largest absolute Gasteiger partial charge is 0.486 e. The molecule has 8 nitrogen and oxygen atoms in total. The Hall–Kier alpha value is -3.55. The van der Waals surface area contributed by atoms with Crippen LogP contribution in [0.2, 0.25) is 0 Å². The van der Waals surface area contributed by atoms with Crippen molar-refractivity contribution in [3.8, 4) is 11.5 Å². The number of primary amides is 1. The van der Waals surface area contributed by atoms with E-state index >= 15 is 0 Å². The number of hydrazone groups is 1. The summed E-state index contributed by atoms with van der Waals surface area (Å²) < 4.78 is 11.4. The molecule has 30 heavy (non-hydrogen) atoms. The molecule has 1 unspecified atom stereocenters. The number of carbonyl (C=O) groups excluding carboxylic acids is 2. The van der Waals surface area contributed by atoms with E-state index in [1.165, 1.54) is 5.01 Å². The second-order valence-corrected chi connectivity index (χ2v) is 7.11. The van der Waals surface area contributed by atoms with E-state index in [4.69, 9.17) is 15.2 Å². The van der Waals surface area contributed by atoms with Crippen molar-refractivity contribution in [3.63, 3.8) is 0 Å². The summed E-state index contributed by atoms with van der Waals surface area (Å²) in [4.78, 5) is 26.9. The minimum absolute atomic E-state index is 0.173. The van der Waals surface area contributed by atoms with Crippen LogP contribution in [0.5, 0.6) is 11.5 Å². The summed E-state index contributed by atoms with van der Waals surface area (Å²) in [6.07, 6.45) is 0.173. The molecular formula is C22H24N4O4. The minimum atomic E-state index is -0.689. The summed E-state index contributed by atoms with van der Waals surface area (Å²) in [5, 5.41) is 5.99. The van der Waals surface area contributed by atoms with Crippen LogP contribution in [0.15, 0.2) is 53.6 Å². The number of amides is 2. The van der Waals surface area contributed by atoms with Gasteiger partial charge in [-0.05, 0) is 25.1 Å². The molecule has 0 radical (unpaired) electrons. The molecule has 156 valence electrons. The summed E-state index contributed by atoms with van der Waals surface area (Å²) in [5.41, 5.74) is 7.48. The van der Waals surface area contributed by atoms with E-state index in [0.29, 0.717) is 43.5 Å². The van der Waals surface area contributed by atoms with Crippen molar-refractivity contribution in [1.82, 2.24) is 4.90 Å². The second-order valence-electron chi connectivity index (χ2n) is 7.11. The second kappa shape index (κ2) is 8.44. The number of para-hydroxylation sites is 2. The van der Waals surface area contributed by atoms with Gasteiger partial charge in [-0.3, -0.25) is 14.6 Å². The van der Waals surface area contributed by atoms with E-state index in [-0.39, 0.29) is 12.3 Å². The highest BCUT2D eigenvalue weighted by Gasteiger charge is 2.36. The van der Waals surface area contributed by atoms with Crippen LogP contribution in [0, 0.1) is 0 Å². The Morgan fingerprint density at radius 3 is 2.63 bits per heavy atom. The predicted octanol–water partition coefficient (Wildman–Crippen LogP) is 1.93. The van der Waals surface area contributed by atoms with Crippen LogP contribution >= 0.6 is 0 Å². The highest BCUT2D eigenvalue weighted by molar-refractivity contribution is 6.40. The Morgan fingerprint density at radius 1 is 1.13 bits per heavy atom. The Balaban J connectivity index is 1.57. The topological polar surface area (TPSA) is 97.5 Å². The number of hydrogen-bond acceptors (Lipinski definition) is 6. The molecule has 0 saturated heterocycles. The number of nitrogens with zero attached hydrogens (tertiary/aromatic N) is 3. The lowest BCUT2D eigenvalue weighted by atomic mass is 10.1. The fourth-order valence-corrected chi connectivity index (χ4v) is 3.65. The summed E-state index contributed by atoms with van der Waals surface area (Å²) in [7, 11) is 0. The maximum absolute atomic E-state index is 13.2. The van der Waals surface area contributed by atoms with Crippen molar-refractivity contribution < 1.29 is 19.1 Å². The van der Waals surface area contributed by atoms with Gasteiger partial charge in [0.15, 0.2) is 11.5 Å². The molecule has 2 aliphatic heterocycles. The smallest absolute Gasteiger partial charge is 0.270 e. The molecule has 8 heteroatoms. The summed E-state index contributed by atoms with van der Waals surface area (Å²) in [6.45, 7) is 3.72. The van der Waals surface area contributed by atoms with Crippen LogP contribution in [0.25, 0.3) is 0 Å². The molecule has 0 aliphatic carbocycles. The quantitative estimate of drug-likeness (QED) is 0.788. The van der Waals surface area contributed by atoms with Gasteiger partial charge in [-0.15, -0.1) is 0 Å². The van der Waals surface area contributed by atoms with Gasteiger partial charge >= 0.3 is 0 Å². The molecule has 2 aromatic rings. The first kappa shape index (κ1) is 19.8. The van der Waals surface area contributed by atoms with E-state index in [0.717, 1.165) is 11.3 Å². The standard InChI is InChI=1S/C22H24N4O4/c1-2-25(14-15-7-6-10-19-20(15)30-12-11-29-19)22(28)17-13-18(21(23)27)26(24-17)16-8-4-3-5-9-16/h3-10,18H,2,11-14H2,1H3,(H2,23,27). The lowest BCUT2D eigenvalue weighted by molar-refractivity contribution is -0.124. The van der Waals surface area contributed by atoms with Gasteiger partial charge in [-0.2, -0.15) is 5.10 Å². The van der Waals surface area contributed by atoms with Crippen LogP contribution < -0.4 is 20.2 Å². The van der Waals surface area contributed by atoms with Crippen LogP contribution in [0.3, 0.4) is 0 Å². The summed E-state index contributed by atoms with van der Waals surface area (Å²) >= 11 is 0. The maximum Gasteiger partial charge on any atom is 0.270 e. The van der Waals surface area contributed by atoms with Gasteiger partial charge < -0.3 is 20.1 Å². The number of anilines is 1. The molecule has 2 aliphatic rings. The van der Waals surface area contributed by atoms with E-state index in [1.807, 2.05) is 55.5 Å². The first-order valence-electron chi connectivity index (χ1n) is 9.96. The number of hydrogen-bond donors (Lipinski definition) is 1. The zero-order valence-electron chi connectivity index (χ0n) is 16.8. The number of carbonyl (C=O) groups is 2. The molecule has 2 N–H and O–H groups in total. The van der Waals surface area contributed by atoms with Gasteiger partial charge in [0, 0.05) is 25.1 Å². The number of nitrogens with two attached hydrogens (primary N) is 1. The number of benzene rings is 2. The lowest BCUT2D eigenvalue weighted by Gasteiger charge is -2.25. The van der Waals surface area contributed by atoms with Crippen molar-refractivity contribution in [2.24, 2.45) is 10.8 Å². The number of fused-ring (bicyclic) bond motifs is 1. The Bertz CT molecular complexity index is 976. The van der Waals surface area contributed by atoms with Crippen molar-refractivity contribution >= 4 is 23.2 Å².